The summed E-state index contributed by atoms with van der Waals surface area (Å²) in [5.41, 5.74) is 0. The number of aromatic nitrogens is 1. The SMILES string of the molecule is CN(C)c1ncc(CN2CCC[C@H]2CO)s1. The Morgan fingerprint density at radius 2 is 2.44 bits per heavy atom. The van der Waals surface area contributed by atoms with Crippen molar-refractivity contribution in [3.05, 3.63) is 11.1 Å². The molecule has 90 valence electrons. The summed E-state index contributed by atoms with van der Waals surface area (Å²) in [6, 6.07) is 0.352. The van der Waals surface area contributed by atoms with Gasteiger partial charge in [-0.05, 0) is 19.4 Å². The molecule has 0 radical (unpaired) electrons. The first kappa shape index (κ1) is 11.8. The van der Waals surface area contributed by atoms with Crippen LogP contribution in [0.1, 0.15) is 17.7 Å². The minimum Gasteiger partial charge on any atom is -0.395 e. The Morgan fingerprint density at radius 3 is 3.06 bits per heavy atom. The fraction of sp³-hybridized carbons (Fsp3) is 0.727. The molecular weight excluding hydrogens is 222 g/mol. The Hall–Kier alpha value is -0.650. The fourth-order valence-electron chi connectivity index (χ4n) is 2.09. The summed E-state index contributed by atoms with van der Waals surface area (Å²) in [6.45, 7) is 2.30. The zero-order valence-electron chi connectivity index (χ0n) is 9.89. The highest BCUT2D eigenvalue weighted by molar-refractivity contribution is 7.15. The molecule has 0 aliphatic carbocycles. The predicted octanol–water partition coefficient (Wildman–Crippen LogP) is 1.17. The molecule has 0 amide bonds. The van der Waals surface area contributed by atoms with Gasteiger partial charge in [-0.25, -0.2) is 4.98 Å². The van der Waals surface area contributed by atoms with Gasteiger partial charge < -0.3 is 10.0 Å². The highest BCUT2D eigenvalue weighted by atomic mass is 32.1. The van der Waals surface area contributed by atoms with Crippen LogP contribution in [0.2, 0.25) is 0 Å². The van der Waals surface area contributed by atoms with Gasteiger partial charge in [-0.3, -0.25) is 4.90 Å². The third kappa shape index (κ3) is 2.53. The van der Waals surface area contributed by atoms with Gasteiger partial charge in [-0.1, -0.05) is 0 Å². The van der Waals surface area contributed by atoms with Crippen LogP contribution < -0.4 is 4.90 Å². The molecule has 16 heavy (non-hydrogen) atoms. The molecule has 0 saturated carbocycles. The van der Waals surface area contributed by atoms with Gasteiger partial charge in [0.2, 0.25) is 0 Å². The van der Waals surface area contributed by atoms with Crippen molar-refractivity contribution in [3.8, 4) is 0 Å². The van der Waals surface area contributed by atoms with Crippen LogP contribution in [-0.2, 0) is 6.54 Å². The summed E-state index contributed by atoms with van der Waals surface area (Å²) in [6.07, 6.45) is 4.27. The van der Waals surface area contributed by atoms with Crippen molar-refractivity contribution in [3.63, 3.8) is 0 Å². The molecule has 2 heterocycles. The maximum Gasteiger partial charge on any atom is 0.185 e. The molecular formula is C11H19N3OS. The van der Waals surface area contributed by atoms with Crippen molar-refractivity contribution in [2.24, 2.45) is 0 Å². The van der Waals surface area contributed by atoms with E-state index < -0.39 is 0 Å². The molecule has 0 aromatic carbocycles. The van der Waals surface area contributed by atoms with Gasteiger partial charge in [-0.15, -0.1) is 11.3 Å². The third-order valence-electron chi connectivity index (χ3n) is 2.99. The monoisotopic (exact) mass is 241 g/mol. The molecule has 1 aromatic rings. The summed E-state index contributed by atoms with van der Waals surface area (Å²) in [4.78, 5) is 10.0. The van der Waals surface area contributed by atoms with E-state index in [2.05, 4.69) is 9.88 Å². The van der Waals surface area contributed by atoms with E-state index in [-0.39, 0.29) is 6.61 Å². The van der Waals surface area contributed by atoms with Crippen molar-refractivity contribution in [1.29, 1.82) is 0 Å². The van der Waals surface area contributed by atoms with Gasteiger partial charge in [0.15, 0.2) is 5.13 Å². The molecule has 1 aliphatic rings. The largest absolute Gasteiger partial charge is 0.395 e. The van der Waals surface area contributed by atoms with Crippen LogP contribution in [0.4, 0.5) is 5.13 Å². The number of nitrogens with zero attached hydrogens (tertiary/aromatic N) is 3. The van der Waals surface area contributed by atoms with Gasteiger partial charge in [0.05, 0.1) is 6.61 Å². The molecule has 1 fully saturated rings. The summed E-state index contributed by atoms with van der Waals surface area (Å²) >= 11 is 1.73. The number of likely N-dealkylation sites (tertiary alicyclic amines) is 1. The van der Waals surface area contributed by atoms with E-state index in [4.69, 9.17) is 0 Å². The lowest BCUT2D eigenvalue weighted by atomic mass is 10.2. The lowest BCUT2D eigenvalue weighted by Crippen LogP contribution is -2.31. The molecule has 0 bridgehead atoms. The highest BCUT2D eigenvalue weighted by Gasteiger charge is 2.24. The second-order valence-corrected chi connectivity index (χ2v) is 5.55. The Kier molecular flexibility index (Phi) is 3.78. The van der Waals surface area contributed by atoms with Crippen LogP contribution in [0.3, 0.4) is 0 Å². The maximum absolute atomic E-state index is 9.25. The van der Waals surface area contributed by atoms with E-state index in [0.29, 0.717) is 6.04 Å². The first-order valence-corrected chi connectivity index (χ1v) is 6.49. The Bertz CT molecular complexity index is 340. The van der Waals surface area contributed by atoms with Gasteiger partial charge in [0.25, 0.3) is 0 Å². The number of aliphatic hydroxyl groups is 1. The summed E-state index contributed by atoms with van der Waals surface area (Å²) in [5.74, 6) is 0. The minimum atomic E-state index is 0.277. The van der Waals surface area contributed by atoms with E-state index in [0.717, 1.165) is 24.6 Å². The van der Waals surface area contributed by atoms with Gasteiger partial charge in [-0.2, -0.15) is 0 Å². The minimum absolute atomic E-state index is 0.277. The molecule has 1 atom stereocenters. The second kappa shape index (κ2) is 5.12. The lowest BCUT2D eigenvalue weighted by Gasteiger charge is -2.21. The number of hydrogen-bond donors (Lipinski definition) is 1. The zero-order chi connectivity index (χ0) is 11.5. The third-order valence-corrected chi connectivity index (χ3v) is 4.14. The lowest BCUT2D eigenvalue weighted by molar-refractivity contribution is 0.154. The van der Waals surface area contributed by atoms with Crippen LogP contribution >= 0.6 is 11.3 Å². The summed E-state index contributed by atoms with van der Waals surface area (Å²) in [7, 11) is 4.02. The molecule has 1 aliphatic heterocycles. The molecule has 2 rings (SSSR count). The van der Waals surface area contributed by atoms with Gasteiger partial charge in [0.1, 0.15) is 0 Å². The first-order valence-electron chi connectivity index (χ1n) is 5.67. The van der Waals surface area contributed by atoms with Crippen molar-refractivity contribution >= 4 is 16.5 Å². The summed E-state index contributed by atoms with van der Waals surface area (Å²) < 4.78 is 0. The first-order chi connectivity index (χ1) is 7.70. The van der Waals surface area contributed by atoms with Crippen molar-refractivity contribution in [2.75, 3.05) is 32.1 Å². The van der Waals surface area contributed by atoms with Crippen molar-refractivity contribution in [1.82, 2.24) is 9.88 Å². The van der Waals surface area contributed by atoms with E-state index >= 15 is 0 Å². The highest BCUT2D eigenvalue weighted by Crippen LogP contribution is 2.25. The van der Waals surface area contributed by atoms with E-state index in [1.54, 1.807) is 11.3 Å². The number of anilines is 1. The van der Waals surface area contributed by atoms with Crippen LogP contribution in [0.15, 0.2) is 6.20 Å². The molecule has 0 spiro atoms. The molecule has 0 unspecified atom stereocenters. The fourth-order valence-corrected chi connectivity index (χ4v) is 2.95. The number of thiazole rings is 1. The Morgan fingerprint density at radius 1 is 1.62 bits per heavy atom. The smallest absolute Gasteiger partial charge is 0.185 e. The van der Waals surface area contributed by atoms with Gasteiger partial charge >= 0.3 is 0 Å². The van der Waals surface area contributed by atoms with Crippen LogP contribution in [0, 0.1) is 0 Å². The molecule has 1 N–H and O–H groups in total. The van der Waals surface area contributed by atoms with Crippen LogP contribution in [-0.4, -0.2) is 48.3 Å². The number of rotatable bonds is 4. The standard InChI is InChI=1S/C11H19N3OS/c1-13(2)11-12-6-10(16-11)7-14-5-3-4-9(14)8-15/h6,9,15H,3-5,7-8H2,1-2H3/t9-/m0/s1. The normalized spacial score (nSPS) is 21.6. The molecule has 1 saturated heterocycles. The molecule has 5 heteroatoms. The van der Waals surface area contributed by atoms with E-state index in [1.807, 2.05) is 25.2 Å². The Balaban J connectivity index is 1.97. The summed E-state index contributed by atoms with van der Waals surface area (Å²) in [5, 5.41) is 10.3. The second-order valence-electron chi connectivity index (χ2n) is 4.45. The predicted molar refractivity (Wildman–Crippen MR) is 67.0 cm³/mol. The zero-order valence-corrected chi connectivity index (χ0v) is 10.7. The van der Waals surface area contributed by atoms with Gasteiger partial charge in [0, 0.05) is 37.8 Å². The van der Waals surface area contributed by atoms with Crippen LogP contribution in [0.5, 0.6) is 0 Å². The molecule has 4 nitrogen and oxygen atoms in total. The number of hydrogen-bond acceptors (Lipinski definition) is 5. The Labute approximate surface area is 101 Å². The van der Waals surface area contributed by atoms with E-state index in [9.17, 15) is 5.11 Å². The quantitative estimate of drug-likeness (QED) is 0.859. The average molecular weight is 241 g/mol. The van der Waals surface area contributed by atoms with E-state index in [1.165, 1.54) is 11.3 Å². The topological polar surface area (TPSA) is 39.6 Å². The molecule has 1 aromatic heterocycles. The maximum atomic E-state index is 9.25. The van der Waals surface area contributed by atoms with Crippen molar-refractivity contribution in [2.45, 2.75) is 25.4 Å². The van der Waals surface area contributed by atoms with Crippen molar-refractivity contribution < 1.29 is 5.11 Å². The van der Waals surface area contributed by atoms with Crippen LogP contribution in [0.25, 0.3) is 0 Å². The average Bonchev–Trinajstić information content (AvgIpc) is 2.87. The number of aliphatic hydroxyl groups excluding tert-OH is 1.